The summed E-state index contributed by atoms with van der Waals surface area (Å²) in [5, 5.41) is 0. The molecule has 0 aromatic carbocycles. The molecule has 77 heavy (non-hydrogen) atoms. The Morgan fingerprint density at radius 2 is 0.506 bits per heavy atom. The first-order valence-electron chi connectivity index (χ1n) is 32.0. The topological polar surface area (TPSA) is 78.9 Å². The fraction of sp³-hybridized carbons (Fsp3) is 0.676. The van der Waals surface area contributed by atoms with Crippen molar-refractivity contribution in [3.05, 3.63) is 122 Å². The third-order valence-electron chi connectivity index (χ3n) is 13.5. The monoisotopic (exact) mass is 1070 g/mol. The van der Waals surface area contributed by atoms with E-state index in [9.17, 15) is 14.4 Å². The summed E-state index contributed by atoms with van der Waals surface area (Å²) in [6.45, 7) is 6.41. The van der Waals surface area contributed by atoms with Crippen molar-refractivity contribution >= 4 is 17.9 Å². The molecule has 0 saturated heterocycles. The van der Waals surface area contributed by atoms with Gasteiger partial charge in [0.15, 0.2) is 6.10 Å². The van der Waals surface area contributed by atoms with Crippen molar-refractivity contribution in [2.75, 3.05) is 13.2 Å². The molecule has 0 aromatic heterocycles. The molecule has 1 atom stereocenters. The Balaban J connectivity index is 4.36. The standard InChI is InChI=1S/C71H118O6/c1-4-7-10-13-16-19-22-25-27-29-31-32-33-34-35-36-37-38-40-41-43-46-49-52-55-58-61-64-70(73)76-67-68(66-75-69(72)63-60-57-54-51-48-45-24-21-18-15-12-9-6-3)77-71(74)65-62-59-56-53-50-47-44-42-39-30-28-26-23-20-17-14-11-8-5-2/h7-8,10-11,16-17,19-20,25-28,31-32,34-35,37-39,42,68H,4-6,9,12-15,18,21-24,29-30,33,36,40-41,43-67H2,1-3H3/b10-7-,11-8-,19-16-,20-17-,27-25-,28-26-,32-31-,35-34-,38-37-,42-39-. The minimum atomic E-state index is -0.792. The molecule has 1 unspecified atom stereocenters. The van der Waals surface area contributed by atoms with E-state index in [1.807, 2.05) is 0 Å². The Labute approximate surface area is 475 Å². The smallest absolute Gasteiger partial charge is 0.306 e. The molecule has 0 radical (unpaired) electrons. The van der Waals surface area contributed by atoms with Gasteiger partial charge in [-0.25, -0.2) is 0 Å². The molecule has 0 aliphatic carbocycles. The van der Waals surface area contributed by atoms with Crippen LogP contribution in [0.5, 0.6) is 0 Å². The van der Waals surface area contributed by atoms with Crippen molar-refractivity contribution in [2.45, 2.75) is 297 Å². The normalized spacial score (nSPS) is 12.9. The summed E-state index contributed by atoms with van der Waals surface area (Å²) in [5.74, 6) is -0.903. The number of allylic oxidation sites excluding steroid dienone is 20. The van der Waals surface area contributed by atoms with E-state index in [1.165, 1.54) is 109 Å². The zero-order valence-electron chi connectivity index (χ0n) is 50.2. The summed E-state index contributed by atoms with van der Waals surface area (Å²) in [7, 11) is 0. The molecule has 6 nitrogen and oxygen atoms in total. The van der Waals surface area contributed by atoms with Gasteiger partial charge in [0.1, 0.15) is 13.2 Å². The molecule has 0 aromatic rings. The summed E-state index contributed by atoms with van der Waals surface area (Å²) in [6, 6.07) is 0. The van der Waals surface area contributed by atoms with E-state index >= 15 is 0 Å². The van der Waals surface area contributed by atoms with Gasteiger partial charge in [0.05, 0.1) is 0 Å². The lowest BCUT2D eigenvalue weighted by atomic mass is 10.0. The maximum Gasteiger partial charge on any atom is 0.306 e. The largest absolute Gasteiger partial charge is 0.462 e. The predicted molar refractivity (Wildman–Crippen MR) is 334 cm³/mol. The zero-order valence-corrected chi connectivity index (χ0v) is 50.2. The second kappa shape index (κ2) is 64.3. The van der Waals surface area contributed by atoms with Gasteiger partial charge < -0.3 is 14.2 Å². The van der Waals surface area contributed by atoms with Gasteiger partial charge in [0.25, 0.3) is 0 Å². The molecule has 0 spiro atoms. The van der Waals surface area contributed by atoms with E-state index in [1.54, 1.807) is 0 Å². The number of unbranched alkanes of at least 4 members (excludes halogenated alkanes) is 26. The Kier molecular flexibility index (Phi) is 60.8. The SMILES string of the molecule is CC/C=C\C/C=C\C/C=C\C/C=C\C/C=C\C/C=C\CCCCCCCCCCC(=O)OCC(COC(=O)CCCCCCCCCCCCCCC)OC(=O)CCCCCCCC/C=C\C/C=C\C/C=C\C/C=C\CC. The Morgan fingerprint density at radius 1 is 0.273 bits per heavy atom. The van der Waals surface area contributed by atoms with Crippen molar-refractivity contribution in [3.63, 3.8) is 0 Å². The lowest BCUT2D eigenvalue weighted by molar-refractivity contribution is -0.167. The summed E-state index contributed by atoms with van der Waals surface area (Å²) in [6.07, 6.45) is 89.1. The van der Waals surface area contributed by atoms with E-state index in [0.717, 1.165) is 141 Å². The number of hydrogen-bond donors (Lipinski definition) is 0. The molecule has 0 bridgehead atoms. The van der Waals surface area contributed by atoms with E-state index in [0.29, 0.717) is 19.3 Å². The Hall–Kier alpha value is -4.19. The molecule has 0 amide bonds. The van der Waals surface area contributed by atoms with Crippen molar-refractivity contribution in [2.24, 2.45) is 0 Å². The number of carbonyl (C=O) groups excluding carboxylic acids is 3. The lowest BCUT2D eigenvalue weighted by Crippen LogP contribution is -2.30. The van der Waals surface area contributed by atoms with Crippen LogP contribution >= 0.6 is 0 Å². The van der Waals surface area contributed by atoms with Gasteiger partial charge in [0.2, 0.25) is 0 Å². The summed E-state index contributed by atoms with van der Waals surface area (Å²) in [5.41, 5.74) is 0. The maximum atomic E-state index is 12.9. The van der Waals surface area contributed by atoms with Gasteiger partial charge in [-0.2, -0.15) is 0 Å². The zero-order chi connectivity index (χ0) is 55.7. The number of rotatable bonds is 57. The van der Waals surface area contributed by atoms with Crippen molar-refractivity contribution < 1.29 is 28.6 Å². The second-order valence-electron chi connectivity index (χ2n) is 20.9. The minimum absolute atomic E-state index is 0.0863. The highest BCUT2D eigenvalue weighted by Crippen LogP contribution is 2.16. The van der Waals surface area contributed by atoms with Crippen molar-refractivity contribution in [1.82, 2.24) is 0 Å². The highest BCUT2D eigenvalue weighted by atomic mass is 16.6. The summed E-state index contributed by atoms with van der Waals surface area (Å²) >= 11 is 0. The maximum absolute atomic E-state index is 12.9. The van der Waals surface area contributed by atoms with Crippen LogP contribution in [-0.4, -0.2) is 37.2 Å². The third-order valence-corrected chi connectivity index (χ3v) is 13.5. The lowest BCUT2D eigenvalue weighted by Gasteiger charge is -2.18. The Morgan fingerprint density at radius 3 is 0.792 bits per heavy atom. The molecule has 438 valence electrons. The van der Waals surface area contributed by atoms with Crippen LogP contribution in [0, 0.1) is 0 Å². The van der Waals surface area contributed by atoms with E-state index in [4.69, 9.17) is 14.2 Å². The number of esters is 3. The molecule has 0 rings (SSSR count). The van der Waals surface area contributed by atoms with E-state index in [-0.39, 0.29) is 31.1 Å². The molecule has 0 heterocycles. The van der Waals surface area contributed by atoms with Gasteiger partial charge in [0, 0.05) is 19.3 Å². The van der Waals surface area contributed by atoms with Gasteiger partial charge >= 0.3 is 17.9 Å². The highest BCUT2D eigenvalue weighted by Gasteiger charge is 2.19. The molecule has 0 fully saturated rings. The third kappa shape index (κ3) is 62.5. The van der Waals surface area contributed by atoms with E-state index in [2.05, 4.69) is 142 Å². The molecule has 0 aliphatic rings. The molecule has 0 aliphatic heterocycles. The summed E-state index contributed by atoms with van der Waals surface area (Å²) in [4.78, 5) is 38.3. The van der Waals surface area contributed by atoms with Crippen LogP contribution in [0.3, 0.4) is 0 Å². The van der Waals surface area contributed by atoms with Gasteiger partial charge in [-0.3, -0.25) is 14.4 Å². The quantitative estimate of drug-likeness (QED) is 0.0261. The predicted octanol–water partition coefficient (Wildman–Crippen LogP) is 22.0. The Bertz CT molecular complexity index is 1600. The fourth-order valence-corrected chi connectivity index (χ4v) is 8.73. The number of ether oxygens (including phenoxy) is 3. The molecular weight excluding hydrogens is 949 g/mol. The number of carbonyl (C=O) groups is 3. The second-order valence-corrected chi connectivity index (χ2v) is 20.9. The number of hydrogen-bond acceptors (Lipinski definition) is 6. The van der Waals surface area contributed by atoms with E-state index < -0.39 is 6.10 Å². The molecular formula is C71H118O6. The molecule has 0 saturated carbocycles. The van der Waals surface area contributed by atoms with Crippen molar-refractivity contribution in [1.29, 1.82) is 0 Å². The fourth-order valence-electron chi connectivity index (χ4n) is 8.73. The molecule has 6 heteroatoms. The average molecular weight is 1070 g/mol. The van der Waals surface area contributed by atoms with Gasteiger partial charge in [-0.1, -0.05) is 284 Å². The van der Waals surface area contributed by atoms with Crippen LogP contribution in [0.1, 0.15) is 290 Å². The van der Waals surface area contributed by atoms with Crippen molar-refractivity contribution in [3.8, 4) is 0 Å². The first-order valence-corrected chi connectivity index (χ1v) is 32.0. The van der Waals surface area contributed by atoms with Gasteiger partial charge in [-0.15, -0.1) is 0 Å². The van der Waals surface area contributed by atoms with Crippen LogP contribution in [0.4, 0.5) is 0 Å². The molecule has 0 N–H and O–H groups in total. The van der Waals surface area contributed by atoms with Crippen LogP contribution < -0.4 is 0 Å². The minimum Gasteiger partial charge on any atom is -0.462 e. The first-order chi connectivity index (χ1) is 38.0. The van der Waals surface area contributed by atoms with Crippen LogP contribution in [-0.2, 0) is 28.6 Å². The van der Waals surface area contributed by atoms with Gasteiger partial charge in [-0.05, 0) is 109 Å². The summed E-state index contributed by atoms with van der Waals surface area (Å²) < 4.78 is 16.9. The van der Waals surface area contributed by atoms with Crippen LogP contribution in [0.25, 0.3) is 0 Å². The first kappa shape index (κ1) is 72.8. The average Bonchev–Trinajstić information content (AvgIpc) is 3.43. The van der Waals surface area contributed by atoms with Crippen LogP contribution in [0.2, 0.25) is 0 Å². The van der Waals surface area contributed by atoms with Crippen LogP contribution in [0.15, 0.2) is 122 Å². The highest BCUT2D eigenvalue weighted by molar-refractivity contribution is 5.71.